The van der Waals surface area contributed by atoms with E-state index in [1.807, 2.05) is 6.07 Å². The summed E-state index contributed by atoms with van der Waals surface area (Å²) in [4.78, 5) is 0. The van der Waals surface area contributed by atoms with E-state index >= 15 is 0 Å². The number of nitrogens with one attached hydrogen (secondary N) is 2. The van der Waals surface area contributed by atoms with Gasteiger partial charge in [0.25, 0.3) is 0 Å². The first-order chi connectivity index (χ1) is 10.3. The van der Waals surface area contributed by atoms with Crippen molar-refractivity contribution in [2.24, 2.45) is 0 Å². The third-order valence-electron chi connectivity index (χ3n) is 3.37. The van der Waals surface area contributed by atoms with Crippen LogP contribution < -0.4 is 10.1 Å². The average Bonchev–Trinajstić information content (AvgIpc) is 2.99. The molecule has 112 valence electrons. The molecule has 5 nitrogen and oxygen atoms in total. The van der Waals surface area contributed by atoms with Crippen molar-refractivity contribution in [2.75, 3.05) is 26.3 Å². The van der Waals surface area contributed by atoms with Crippen LogP contribution in [0.2, 0.25) is 0 Å². The Balaban J connectivity index is 1.52. The van der Waals surface area contributed by atoms with E-state index in [4.69, 9.17) is 9.47 Å². The fourth-order valence-electron chi connectivity index (χ4n) is 2.26. The molecular formula is C15H18FN3O2. The molecule has 1 aromatic heterocycles. The number of halogens is 1. The van der Waals surface area contributed by atoms with E-state index in [-0.39, 0.29) is 17.7 Å². The van der Waals surface area contributed by atoms with Crippen LogP contribution in [-0.4, -0.2) is 36.5 Å². The highest BCUT2D eigenvalue weighted by Gasteiger charge is 2.18. The Labute approximate surface area is 122 Å². The van der Waals surface area contributed by atoms with Crippen LogP contribution in [0, 0.1) is 5.82 Å². The smallest absolute Gasteiger partial charge is 0.165 e. The van der Waals surface area contributed by atoms with Crippen LogP contribution in [0.15, 0.2) is 30.3 Å². The monoisotopic (exact) mass is 291 g/mol. The van der Waals surface area contributed by atoms with Gasteiger partial charge in [0.05, 0.1) is 18.9 Å². The predicted octanol–water partition coefficient (Wildman–Crippen LogP) is 1.83. The van der Waals surface area contributed by atoms with Gasteiger partial charge >= 0.3 is 0 Å². The molecule has 3 rings (SSSR count). The van der Waals surface area contributed by atoms with Gasteiger partial charge in [0.15, 0.2) is 11.6 Å². The Morgan fingerprint density at radius 1 is 1.38 bits per heavy atom. The fourth-order valence-corrected chi connectivity index (χ4v) is 2.26. The van der Waals surface area contributed by atoms with Crippen molar-refractivity contribution < 1.29 is 13.9 Å². The van der Waals surface area contributed by atoms with Crippen LogP contribution in [-0.2, 0) is 11.2 Å². The summed E-state index contributed by atoms with van der Waals surface area (Å²) in [5.41, 5.74) is 1.85. The second-order valence-electron chi connectivity index (χ2n) is 4.91. The zero-order valence-corrected chi connectivity index (χ0v) is 11.6. The average molecular weight is 291 g/mol. The minimum atomic E-state index is -0.343. The molecule has 0 aliphatic carbocycles. The second kappa shape index (κ2) is 6.69. The van der Waals surface area contributed by atoms with Gasteiger partial charge in [-0.1, -0.05) is 12.1 Å². The highest BCUT2D eigenvalue weighted by Crippen LogP contribution is 2.18. The number of nitrogens with zero attached hydrogens (tertiary/aromatic N) is 1. The molecule has 21 heavy (non-hydrogen) atoms. The van der Waals surface area contributed by atoms with E-state index < -0.39 is 0 Å². The number of para-hydroxylation sites is 1. The lowest BCUT2D eigenvalue weighted by molar-refractivity contribution is 0.0250. The quantitative estimate of drug-likeness (QED) is 0.882. The molecule has 0 unspecified atom stereocenters. The number of H-pyrrole nitrogens is 1. The van der Waals surface area contributed by atoms with Crippen molar-refractivity contribution in [1.82, 2.24) is 15.5 Å². The molecule has 0 bridgehead atoms. The zero-order chi connectivity index (χ0) is 14.5. The highest BCUT2D eigenvalue weighted by atomic mass is 19.1. The van der Waals surface area contributed by atoms with Gasteiger partial charge in [0.2, 0.25) is 0 Å². The zero-order valence-electron chi connectivity index (χ0n) is 11.6. The van der Waals surface area contributed by atoms with Gasteiger partial charge in [-0.3, -0.25) is 5.10 Å². The van der Waals surface area contributed by atoms with Crippen molar-refractivity contribution in [2.45, 2.75) is 12.5 Å². The van der Waals surface area contributed by atoms with E-state index in [1.165, 1.54) is 6.07 Å². The van der Waals surface area contributed by atoms with Gasteiger partial charge in [-0.2, -0.15) is 5.10 Å². The van der Waals surface area contributed by atoms with Crippen LogP contribution >= 0.6 is 0 Å². The summed E-state index contributed by atoms with van der Waals surface area (Å²) >= 11 is 0. The van der Waals surface area contributed by atoms with E-state index in [0.717, 1.165) is 24.5 Å². The molecule has 6 heteroatoms. The summed E-state index contributed by atoms with van der Waals surface area (Å²) in [5.74, 6) is -0.0680. The lowest BCUT2D eigenvalue weighted by Gasteiger charge is -2.21. The van der Waals surface area contributed by atoms with E-state index in [0.29, 0.717) is 19.6 Å². The van der Waals surface area contributed by atoms with Crippen LogP contribution in [0.4, 0.5) is 4.39 Å². The molecule has 1 fully saturated rings. The summed E-state index contributed by atoms with van der Waals surface area (Å²) in [6.45, 7) is 2.75. The van der Waals surface area contributed by atoms with E-state index in [1.54, 1.807) is 18.2 Å². The maximum atomic E-state index is 13.4. The highest BCUT2D eigenvalue weighted by molar-refractivity contribution is 5.23. The Morgan fingerprint density at radius 3 is 3.10 bits per heavy atom. The topological polar surface area (TPSA) is 59.2 Å². The summed E-state index contributed by atoms with van der Waals surface area (Å²) < 4.78 is 24.5. The molecule has 1 aliphatic heterocycles. The van der Waals surface area contributed by atoms with Gasteiger partial charge in [-0.15, -0.1) is 0 Å². The van der Waals surface area contributed by atoms with Gasteiger partial charge in [0.1, 0.15) is 6.10 Å². The first-order valence-electron chi connectivity index (χ1n) is 7.07. The number of hydrogen-bond acceptors (Lipinski definition) is 4. The van der Waals surface area contributed by atoms with Crippen molar-refractivity contribution in [3.05, 3.63) is 47.5 Å². The maximum Gasteiger partial charge on any atom is 0.165 e. The third kappa shape index (κ3) is 3.59. The van der Waals surface area contributed by atoms with E-state index in [9.17, 15) is 4.39 Å². The largest absolute Gasteiger partial charge is 0.490 e. The molecule has 1 saturated heterocycles. The molecule has 2 heterocycles. The van der Waals surface area contributed by atoms with Gasteiger partial charge in [-0.05, 0) is 18.2 Å². The third-order valence-corrected chi connectivity index (χ3v) is 3.37. The molecule has 2 aromatic rings. The Hall–Kier alpha value is -1.92. The summed E-state index contributed by atoms with van der Waals surface area (Å²) in [6.07, 6.45) is 0.637. The lowest BCUT2D eigenvalue weighted by atomic mass is 10.2. The number of hydrogen-bond donors (Lipinski definition) is 2. The van der Waals surface area contributed by atoms with Crippen molar-refractivity contribution in [3.63, 3.8) is 0 Å². The minimum absolute atomic E-state index is 0.00349. The van der Waals surface area contributed by atoms with Crippen LogP contribution in [0.3, 0.4) is 0 Å². The standard InChI is InChI=1S/C15H18FN3O2/c16-12-3-1-2-4-14(12)20-7-5-11-9-13(19-18-11)15-10-17-6-8-21-15/h1-4,9,15,17H,5-8,10H2,(H,18,19)/t15-/m0/s1. The van der Waals surface area contributed by atoms with Crippen molar-refractivity contribution in [3.8, 4) is 5.75 Å². The number of morpholine rings is 1. The Kier molecular flexibility index (Phi) is 4.47. The first-order valence-corrected chi connectivity index (χ1v) is 7.07. The number of ether oxygens (including phenoxy) is 2. The molecule has 0 radical (unpaired) electrons. The van der Waals surface area contributed by atoms with Crippen LogP contribution in [0.5, 0.6) is 5.75 Å². The van der Waals surface area contributed by atoms with Gasteiger partial charge in [0, 0.05) is 25.2 Å². The maximum absolute atomic E-state index is 13.4. The number of rotatable bonds is 5. The predicted molar refractivity (Wildman–Crippen MR) is 75.7 cm³/mol. The van der Waals surface area contributed by atoms with E-state index in [2.05, 4.69) is 15.5 Å². The summed E-state index contributed by atoms with van der Waals surface area (Å²) in [6, 6.07) is 8.37. The summed E-state index contributed by atoms with van der Waals surface area (Å²) in [5, 5.41) is 10.5. The molecule has 1 aromatic carbocycles. The molecular weight excluding hydrogens is 273 g/mol. The fraction of sp³-hybridized carbons (Fsp3) is 0.400. The molecule has 0 amide bonds. The van der Waals surface area contributed by atoms with Crippen LogP contribution in [0.1, 0.15) is 17.5 Å². The molecule has 1 atom stereocenters. The van der Waals surface area contributed by atoms with Crippen molar-refractivity contribution >= 4 is 0 Å². The normalized spacial score (nSPS) is 18.6. The first kappa shape index (κ1) is 14.0. The van der Waals surface area contributed by atoms with Crippen LogP contribution in [0.25, 0.3) is 0 Å². The minimum Gasteiger partial charge on any atom is -0.490 e. The molecule has 1 aliphatic rings. The Bertz CT molecular complexity index is 582. The number of aromatic amines is 1. The number of benzene rings is 1. The SMILES string of the molecule is Fc1ccccc1OCCc1cc([C@@H]2CNCCO2)n[nH]1. The number of aromatic nitrogens is 2. The van der Waals surface area contributed by atoms with Crippen molar-refractivity contribution in [1.29, 1.82) is 0 Å². The van der Waals surface area contributed by atoms with Gasteiger partial charge in [-0.25, -0.2) is 4.39 Å². The second-order valence-corrected chi connectivity index (χ2v) is 4.91. The molecule has 0 spiro atoms. The summed E-state index contributed by atoms with van der Waals surface area (Å²) in [7, 11) is 0. The molecule has 0 saturated carbocycles. The van der Waals surface area contributed by atoms with Gasteiger partial charge < -0.3 is 14.8 Å². The molecule has 2 N–H and O–H groups in total. The lowest BCUT2D eigenvalue weighted by Crippen LogP contribution is -2.33. The Morgan fingerprint density at radius 2 is 2.29 bits per heavy atom.